The minimum atomic E-state index is -0.871. The number of furan rings is 1. The van der Waals surface area contributed by atoms with Gasteiger partial charge in [-0.05, 0) is 48.9 Å². The third-order valence-corrected chi connectivity index (χ3v) is 7.41. The van der Waals surface area contributed by atoms with Gasteiger partial charge in [-0.1, -0.05) is 41.1 Å². The smallest absolute Gasteiger partial charge is 0.338 e. The van der Waals surface area contributed by atoms with E-state index in [0.29, 0.717) is 37.1 Å². The number of nitrogens with zero attached hydrogens (tertiary/aromatic N) is 2. The summed E-state index contributed by atoms with van der Waals surface area (Å²) in [7, 11) is 2.70. The van der Waals surface area contributed by atoms with Crippen molar-refractivity contribution in [2.24, 2.45) is 4.99 Å². The van der Waals surface area contributed by atoms with E-state index in [4.69, 9.17) is 30.2 Å². The molecule has 0 aliphatic carbocycles. The predicted octanol–water partition coefficient (Wildman–Crippen LogP) is 4.26. The fourth-order valence-corrected chi connectivity index (χ4v) is 5.67. The van der Waals surface area contributed by atoms with Gasteiger partial charge in [0.05, 0.1) is 36.1 Å². The number of hydrogen-bond acceptors (Lipinski definition) is 9. The van der Waals surface area contributed by atoms with Gasteiger partial charge < -0.3 is 18.6 Å². The second kappa shape index (κ2) is 11.0. The van der Waals surface area contributed by atoms with Crippen LogP contribution >= 0.6 is 22.9 Å². The lowest BCUT2D eigenvalue weighted by atomic mass is 9.95. The Bertz CT molecular complexity index is 1870. The number of benzene rings is 2. The Labute approximate surface area is 237 Å². The number of halogens is 1. The molecule has 0 spiro atoms. The maximum atomic E-state index is 13.8. The summed E-state index contributed by atoms with van der Waals surface area (Å²) in [6, 6.07) is 14.8. The first-order chi connectivity index (χ1) is 19.2. The molecule has 4 aromatic rings. The van der Waals surface area contributed by atoms with Gasteiger partial charge in [-0.25, -0.2) is 9.79 Å². The zero-order valence-electron chi connectivity index (χ0n) is 21.9. The molecule has 0 saturated heterocycles. The maximum absolute atomic E-state index is 13.8. The van der Waals surface area contributed by atoms with Crippen LogP contribution in [-0.4, -0.2) is 30.7 Å². The molecule has 9 nitrogen and oxygen atoms in total. The minimum absolute atomic E-state index is 0.199. The first kappa shape index (κ1) is 27.2. The second-order valence-electron chi connectivity index (χ2n) is 8.79. The minimum Gasteiger partial charge on any atom is -0.493 e. The monoisotopic (exact) mass is 578 g/mol. The van der Waals surface area contributed by atoms with Crippen LogP contribution in [0.4, 0.5) is 0 Å². The Morgan fingerprint density at radius 1 is 1.10 bits per heavy atom. The van der Waals surface area contributed by atoms with E-state index in [1.165, 1.54) is 37.0 Å². The Hall–Kier alpha value is -4.41. The third-order valence-electron chi connectivity index (χ3n) is 6.19. The predicted molar refractivity (Wildman–Crippen MR) is 149 cm³/mol. The van der Waals surface area contributed by atoms with Crippen molar-refractivity contribution in [3.8, 4) is 22.8 Å². The van der Waals surface area contributed by atoms with Gasteiger partial charge in [0.1, 0.15) is 11.5 Å². The SMILES string of the molecule is COC(=O)C1=C(C)N=c2s/c(=C/c3ccc(-c4cccc(Cl)c4)o3)c(=O)n2C1c1ccc(OC(C)=O)c(OC)c1. The van der Waals surface area contributed by atoms with Crippen molar-refractivity contribution in [3.63, 3.8) is 0 Å². The van der Waals surface area contributed by atoms with Gasteiger partial charge in [0, 0.05) is 23.6 Å². The molecular formula is C29H23ClN2O7S. The van der Waals surface area contributed by atoms with Crippen molar-refractivity contribution < 1.29 is 28.2 Å². The van der Waals surface area contributed by atoms with Crippen LogP contribution in [-0.2, 0) is 14.3 Å². The van der Waals surface area contributed by atoms with Crippen LogP contribution in [0.25, 0.3) is 17.4 Å². The third kappa shape index (κ3) is 5.11. The molecule has 2 aromatic carbocycles. The second-order valence-corrected chi connectivity index (χ2v) is 10.2. The Kier molecular flexibility index (Phi) is 7.46. The molecule has 0 amide bonds. The van der Waals surface area contributed by atoms with Crippen LogP contribution in [0.1, 0.15) is 31.2 Å². The molecule has 40 heavy (non-hydrogen) atoms. The number of rotatable bonds is 6. The number of esters is 2. The van der Waals surface area contributed by atoms with Gasteiger partial charge in [0.25, 0.3) is 5.56 Å². The molecule has 3 heterocycles. The normalized spacial score (nSPS) is 14.9. The highest BCUT2D eigenvalue weighted by atomic mass is 35.5. The summed E-state index contributed by atoms with van der Waals surface area (Å²) in [6.45, 7) is 2.97. The molecule has 0 bridgehead atoms. The highest BCUT2D eigenvalue weighted by Crippen LogP contribution is 2.36. The van der Waals surface area contributed by atoms with Crippen LogP contribution in [0.5, 0.6) is 11.5 Å². The highest BCUT2D eigenvalue weighted by Gasteiger charge is 2.33. The van der Waals surface area contributed by atoms with Crippen LogP contribution in [0, 0.1) is 0 Å². The van der Waals surface area contributed by atoms with Gasteiger partial charge in [0.2, 0.25) is 0 Å². The summed E-state index contributed by atoms with van der Waals surface area (Å²) in [5, 5.41) is 0.582. The van der Waals surface area contributed by atoms with E-state index in [-0.39, 0.29) is 22.6 Å². The molecule has 1 unspecified atom stereocenters. The average molecular weight is 579 g/mol. The van der Waals surface area contributed by atoms with Crippen molar-refractivity contribution in [2.75, 3.05) is 14.2 Å². The fraction of sp³-hybridized carbons (Fsp3) is 0.172. The number of thiazole rings is 1. The molecule has 1 aliphatic heterocycles. The zero-order valence-corrected chi connectivity index (χ0v) is 23.5. The Balaban J connectivity index is 1.65. The molecule has 2 aromatic heterocycles. The van der Waals surface area contributed by atoms with E-state index in [9.17, 15) is 14.4 Å². The number of carbonyl (C=O) groups is 2. The number of ether oxygens (including phenoxy) is 3. The van der Waals surface area contributed by atoms with Crippen molar-refractivity contribution in [1.82, 2.24) is 4.57 Å². The van der Waals surface area contributed by atoms with Crippen molar-refractivity contribution in [1.29, 1.82) is 0 Å². The van der Waals surface area contributed by atoms with Gasteiger partial charge in [-0.3, -0.25) is 14.2 Å². The van der Waals surface area contributed by atoms with E-state index >= 15 is 0 Å². The summed E-state index contributed by atoms with van der Waals surface area (Å²) in [5.41, 5.74) is 1.58. The lowest BCUT2D eigenvalue weighted by molar-refractivity contribution is -0.136. The summed E-state index contributed by atoms with van der Waals surface area (Å²) >= 11 is 7.28. The van der Waals surface area contributed by atoms with Crippen LogP contribution in [0.3, 0.4) is 0 Å². The van der Waals surface area contributed by atoms with E-state index in [1.54, 1.807) is 55.5 Å². The van der Waals surface area contributed by atoms with Crippen LogP contribution in [0.15, 0.2) is 80.1 Å². The zero-order chi connectivity index (χ0) is 28.6. The summed E-state index contributed by atoms with van der Waals surface area (Å²) in [6.07, 6.45) is 1.64. The molecule has 11 heteroatoms. The van der Waals surface area contributed by atoms with Crippen molar-refractivity contribution in [2.45, 2.75) is 19.9 Å². The van der Waals surface area contributed by atoms with Gasteiger partial charge in [0.15, 0.2) is 16.3 Å². The van der Waals surface area contributed by atoms with E-state index in [1.807, 2.05) is 12.1 Å². The van der Waals surface area contributed by atoms with Gasteiger partial charge >= 0.3 is 11.9 Å². The number of carbonyl (C=O) groups excluding carboxylic acids is 2. The topological polar surface area (TPSA) is 109 Å². The molecule has 0 fully saturated rings. The largest absolute Gasteiger partial charge is 0.493 e. The van der Waals surface area contributed by atoms with Gasteiger partial charge in [-0.2, -0.15) is 0 Å². The van der Waals surface area contributed by atoms with Crippen LogP contribution in [0.2, 0.25) is 5.02 Å². The highest BCUT2D eigenvalue weighted by molar-refractivity contribution is 7.07. The standard InChI is InChI=1S/C29H23ClN2O7S/c1-15-25(28(35)37-4)26(18-8-10-22(38-16(2)33)23(13-18)36-3)32-27(34)24(40-29(32)31-15)14-20-9-11-21(39-20)17-6-5-7-19(30)12-17/h5-14,26H,1-4H3/b24-14+. The molecule has 0 radical (unpaired) electrons. The van der Waals surface area contributed by atoms with E-state index in [2.05, 4.69) is 4.99 Å². The quantitative estimate of drug-likeness (QED) is 0.248. The number of aromatic nitrogens is 1. The first-order valence-corrected chi connectivity index (χ1v) is 13.2. The Morgan fingerprint density at radius 2 is 1.90 bits per heavy atom. The number of allylic oxidation sites excluding steroid dienone is 1. The van der Waals surface area contributed by atoms with E-state index < -0.39 is 18.0 Å². The number of hydrogen-bond donors (Lipinski definition) is 0. The molecule has 5 rings (SSSR count). The number of fused-ring (bicyclic) bond motifs is 1. The van der Waals surface area contributed by atoms with Gasteiger partial charge in [-0.15, -0.1) is 0 Å². The average Bonchev–Trinajstić information content (AvgIpc) is 3.52. The lowest BCUT2D eigenvalue weighted by Crippen LogP contribution is -2.39. The summed E-state index contributed by atoms with van der Waals surface area (Å²) in [4.78, 5) is 43.2. The van der Waals surface area contributed by atoms with Crippen LogP contribution < -0.4 is 24.4 Å². The maximum Gasteiger partial charge on any atom is 0.338 e. The summed E-state index contributed by atoms with van der Waals surface area (Å²) < 4.78 is 23.5. The van der Waals surface area contributed by atoms with Crippen molar-refractivity contribution in [3.05, 3.63) is 102 Å². The molecule has 204 valence electrons. The molecule has 0 saturated carbocycles. The lowest BCUT2D eigenvalue weighted by Gasteiger charge is -2.25. The first-order valence-electron chi connectivity index (χ1n) is 12.0. The summed E-state index contributed by atoms with van der Waals surface area (Å²) in [5.74, 6) is 0.399. The number of methoxy groups -OCH3 is 2. The fourth-order valence-electron chi connectivity index (χ4n) is 4.46. The molecular weight excluding hydrogens is 556 g/mol. The van der Waals surface area contributed by atoms with E-state index in [0.717, 1.165) is 5.56 Å². The van der Waals surface area contributed by atoms with Crippen molar-refractivity contribution >= 4 is 41.0 Å². The molecule has 1 aliphatic rings. The molecule has 0 N–H and O–H groups in total. The Morgan fingerprint density at radius 3 is 2.60 bits per heavy atom. The molecule has 1 atom stereocenters.